The number of carbonyl (C=O) groups is 2. The van der Waals surface area contributed by atoms with Gasteiger partial charge in [0.15, 0.2) is 0 Å². The molecule has 1 fully saturated rings. The number of aliphatic hydroxyl groups is 1. The number of aliphatic hydroxyl groups excluding tert-OH is 1. The number of esters is 1. The van der Waals surface area contributed by atoms with E-state index < -0.39 is 23.2 Å². The molecule has 7 heteroatoms. The van der Waals surface area contributed by atoms with E-state index >= 15 is 0 Å². The van der Waals surface area contributed by atoms with Crippen LogP contribution in [-0.2, 0) is 32.9 Å². The summed E-state index contributed by atoms with van der Waals surface area (Å²) in [6, 6.07) is 29.2. The molecule has 1 aliphatic carbocycles. The quantitative estimate of drug-likeness (QED) is 0.256. The molecule has 0 saturated heterocycles. The number of hydrogen-bond acceptors (Lipinski definition) is 6. The average Bonchev–Trinajstić information content (AvgIpc) is 3.42. The number of aryl methyl sites for hydroxylation is 1. The molecule has 1 atom stereocenters. The molecule has 0 bridgehead atoms. The summed E-state index contributed by atoms with van der Waals surface area (Å²) in [6.07, 6.45) is 4.15. The van der Waals surface area contributed by atoms with Crippen molar-refractivity contribution in [3.8, 4) is 0 Å². The number of amides is 1. The Balaban J connectivity index is 1.34. The minimum Gasteiger partial charge on any atom is -0.511 e. The fourth-order valence-electron chi connectivity index (χ4n) is 5.81. The summed E-state index contributed by atoms with van der Waals surface area (Å²) in [6.45, 7) is 0.175. The van der Waals surface area contributed by atoms with Gasteiger partial charge in [0.1, 0.15) is 22.9 Å². The second-order valence-corrected chi connectivity index (χ2v) is 11.7. The van der Waals surface area contributed by atoms with E-state index in [4.69, 9.17) is 9.47 Å². The van der Waals surface area contributed by atoms with Crippen LogP contribution >= 0.6 is 11.8 Å². The maximum absolute atomic E-state index is 13.4. The van der Waals surface area contributed by atoms with E-state index in [2.05, 4.69) is 5.32 Å². The van der Waals surface area contributed by atoms with Crippen molar-refractivity contribution >= 4 is 23.8 Å². The van der Waals surface area contributed by atoms with Gasteiger partial charge in [-0.1, -0.05) is 104 Å². The molecule has 1 saturated carbocycles. The number of nitrogens with one attached hydrogen (secondary N) is 1. The second-order valence-electron chi connectivity index (χ2n) is 10.6. The predicted molar refractivity (Wildman–Crippen MR) is 157 cm³/mol. The van der Waals surface area contributed by atoms with Crippen LogP contribution in [0.5, 0.6) is 0 Å². The van der Waals surface area contributed by atoms with E-state index in [1.165, 1.54) is 17.3 Å². The monoisotopic (exact) mass is 557 g/mol. The van der Waals surface area contributed by atoms with Crippen LogP contribution in [0.2, 0.25) is 0 Å². The standard InChI is InChI=1S/C33H35NO5S/c35-28-22-33(27-16-8-3-9-17-27,39-30(36)29(28)40-21-18-25-12-4-1-5-13-25)24-32(19-10-11-20-32)34-31(37)38-23-26-14-6-2-7-15-26/h1-9,12-17,35H,10-11,18-24H2,(H,34,37). The lowest BCUT2D eigenvalue weighted by molar-refractivity contribution is -0.162. The molecule has 1 aliphatic heterocycles. The smallest absolute Gasteiger partial charge is 0.407 e. The lowest BCUT2D eigenvalue weighted by Gasteiger charge is -2.43. The van der Waals surface area contributed by atoms with Crippen LogP contribution in [0.1, 0.15) is 55.2 Å². The van der Waals surface area contributed by atoms with Crippen molar-refractivity contribution in [2.75, 3.05) is 5.75 Å². The third-order valence-corrected chi connectivity index (χ3v) is 8.83. The summed E-state index contributed by atoms with van der Waals surface area (Å²) in [4.78, 5) is 26.7. The van der Waals surface area contributed by atoms with Gasteiger partial charge in [0.05, 0.1) is 6.42 Å². The molecule has 6 nitrogen and oxygen atoms in total. The van der Waals surface area contributed by atoms with Gasteiger partial charge in [-0.2, -0.15) is 0 Å². The SMILES string of the molecule is O=C(NC1(CC2(c3ccccc3)CC(O)=C(SCCc3ccccc3)C(=O)O2)CCCC1)OCc1ccccc1. The summed E-state index contributed by atoms with van der Waals surface area (Å²) < 4.78 is 11.8. The Hall–Kier alpha value is -3.71. The molecule has 5 rings (SSSR count). The van der Waals surface area contributed by atoms with Crippen LogP contribution in [0, 0.1) is 0 Å². The van der Waals surface area contributed by atoms with Crippen molar-refractivity contribution in [2.45, 2.75) is 62.7 Å². The van der Waals surface area contributed by atoms with Gasteiger partial charge in [-0.3, -0.25) is 0 Å². The summed E-state index contributed by atoms with van der Waals surface area (Å²) in [7, 11) is 0. The van der Waals surface area contributed by atoms with Gasteiger partial charge < -0.3 is 19.9 Å². The van der Waals surface area contributed by atoms with E-state index in [0.717, 1.165) is 43.2 Å². The Morgan fingerprint density at radius 2 is 1.50 bits per heavy atom. The summed E-state index contributed by atoms with van der Waals surface area (Å²) >= 11 is 1.33. The Morgan fingerprint density at radius 3 is 2.12 bits per heavy atom. The van der Waals surface area contributed by atoms with E-state index in [1.54, 1.807) is 0 Å². The fraction of sp³-hybridized carbons (Fsp3) is 0.333. The minimum absolute atomic E-state index is 0.0398. The summed E-state index contributed by atoms with van der Waals surface area (Å²) in [5.41, 5.74) is 1.15. The molecule has 1 amide bonds. The second kappa shape index (κ2) is 12.6. The Kier molecular flexibility index (Phi) is 8.80. The first-order valence-corrected chi connectivity index (χ1v) is 14.8. The number of carbonyl (C=O) groups excluding carboxylic acids is 2. The van der Waals surface area contributed by atoms with E-state index in [9.17, 15) is 14.7 Å². The first kappa shape index (κ1) is 27.8. The molecular weight excluding hydrogens is 522 g/mol. The van der Waals surface area contributed by atoms with Crippen molar-refractivity contribution in [3.05, 3.63) is 118 Å². The molecule has 2 N–H and O–H groups in total. The molecule has 0 aromatic heterocycles. The van der Waals surface area contributed by atoms with Crippen LogP contribution in [0.25, 0.3) is 0 Å². The van der Waals surface area contributed by atoms with Gasteiger partial charge in [-0.25, -0.2) is 9.59 Å². The first-order valence-electron chi connectivity index (χ1n) is 13.8. The molecule has 0 radical (unpaired) electrons. The fourth-order valence-corrected chi connectivity index (χ4v) is 6.75. The number of rotatable bonds is 10. The van der Waals surface area contributed by atoms with Crippen molar-refractivity contribution in [2.24, 2.45) is 0 Å². The zero-order valence-corrected chi connectivity index (χ0v) is 23.3. The summed E-state index contributed by atoms with van der Waals surface area (Å²) in [5.74, 6) is 0.165. The van der Waals surface area contributed by atoms with Crippen LogP contribution in [0.15, 0.2) is 102 Å². The Bertz CT molecular complexity index is 1320. The number of benzene rings is 3. The molecule has 3 aromatic rings. The number of cyclic esters (lactones) is 1. The van der Waals surface area contributed by atoms with Crippen molar-refractivity contribution in [1.82, 2.24) is 5.32 Å². The number of hydrogen-bond donors (Lipinski definition) is 2. The van der Waals surface area contributed by atoms with E-state index in [0.29, 0.717) is 12.2 Å². The van der Waals surface area contributed by atoms with Gasteiger partial charge in [-0.05, 0) is 36.0 Å². The third kappa shape index (κ3) is 6.70. The molecule has 1 heterocycles. The molecule has 1 unspecified atom stereocenters. The zero-order chi connectivity index (χ0) is 27.8. The molecule has 0 spiro atoms. The van der Waals surface area contributed by atoms with Gasteiger partial charge in [0.2, 0.25) is 0 Å². The lowest BCUT2D eigenvalue weighted by atomic mass is 9.76. The molecular formula is C33H35NO5S. The van der Waals surface area contributed by atoms with E-state index in [-0.39, 0.29) is 23.7 Å². The van der Waals surface area contributed by atoms with E-state index in [1.807, 2.05) is 91.0 Å². The first-order chi connectivity index (χ1) is 19.5. The Labute approximate surface area is 239 Å². The van der Waals surface area contributed by atoms with Gasteiger partial charge in [0.25, 0.3) is 0 Å². The summed E-state index contributed by atoms with van der Waals surface area (Å²) in [5, 5.41) is 14.4. The number of alkyl carbamates (subject to hydrolysis) is 1. The number of thioether (sulfide) groups is 1. The normalized spacial score (nSPS) is 20.1. The molecule has 3 aromatic carbocycles. The third-order valence-electron chi connectivity index (χ3n) is 7.73. The molecule has 208 valence electrons. The molecule has 2 aliphatic rings. The highest BCUT2D eigenvalue weighted by atomic mass is 32.2. The maximum Gasteiger partial charge on any atom is 0.407 e. The minimum atomic E-state index is -1.11. The lowest BCUT2D eigenvalue weighted by Crippen LogP contribution is -2.53. The highest BCUT2D eigenvalue weighted by Crippen LogP contribution is 2.48. The molecule has 40 heavy (non-hydrogen) atoms. The van der Waals surface area contributed by atoms with Gasteiger partial charge >= 0.3 is 12.1 Å². The number of ether oxygens (including phenoxy) is 2. The van der Waals surface area contributed by atoms with Crippen LogP contribution < -0.4 is 5.32 Å². The van der Waals surface area contributed by atoms with Crippen LogP contribution in [-0.4, -0.2) is 28.5 Å². The van der Waals surface area contributed by atoms with Crippen LogP contribution in [0.4, 0.5) is 4.79 Å². The highest BCUT2D eigenvalue weighted by Gasteiger charge is 2.50. The largest absolute Gasteiger partial charge is 0.511 e. The van der Waals surface area contributed by atoms with Gasteiger partial charge in [0, 0.05) is 17.7 Å². The zero-order valence-electron chi connectivity index (χ0n) is 22.5. The van der Waals surface area contributed by atoms with Crippen molar-refractivity contribution < 1.29 is 24.2 Å². The predicted octanol–water partition coefficient (Wildman–Crippen LogP) is 7.20. The average molecular weight is 558 g/mol. The van der Waals surface area contributed by atoms with Crippen molar-refractivity contribution in [3.63, 3.8) is 0 Å². The van der Waals surface area contributed by atoms with Gasteiger partial charge in [-0.15, -0.1) is 11.8 Å². The maximum atomic E-state index is 13.4. The topological polar surface area (TPSA) is 84.9 Å². The van der Waals surface area contributed by atoms with Crippen molar-refractivity contribution in [1.29, 1.82) is 0 Å². The Morgan fingerprint density at radius 1 is 0.900 bits per heavy atom. The van der Waals surface area contributed by atoms with Crippen LogP contribution in [0.3, 0.4) is 0 Å². The highest BCUT2D eigenvalue weighted by molar-refractivity contribution is 8.04.